The number of carbonyl (C=O) groups is 3. The number of benzene rings is 2. The van der Waals surface area contributed by atoms with Crippen LogP contribution in [-0.4, -0.2) is 53.2 Å². The predicted molar refractivity (Wildman–Crippen MR) is 128 cm³/mol. The molecule has 3 unspecified atom stereocenters. The average molecular weight is 465 g/mol. The number of rotatable bonds is 8. The molecule has 3 atom stereocenters. The van der Waals surface area contributed by atoms with E-state index in [2.05, 4.69) is 29.6 Å². The monoisotopic (exact) mass is 464 g/mol. The van der Waals surface area contributed by atoms with Crippen LogP contribution in [0.1, 0.15) is 56.6 Å². The van der Waals surface area contributed by atoms with Gasteiger partial charge in [0.05, 0.1) is 5.92 Å². The van der Waals surface area contributed by atoms with Crippen LogP contribution in [0.15, 0.2) is 48.5 Å². The number of ether oxygens (including phenoxy) is 1. The van der Waals surface area contributed by atoms with Gasteiger partial charge in [0.1, 0.15) is 6.61 Å². The SMILES string of the molecule is CC(CCCC(=O)N1CCC(C(=O)O)C1C)NC(=O)OCC1c2ccccc2-c2ccccc21. The lowest BCUT2D eigenvalue weighted by Gasteiger charge is -2.23. The molecule has 0 radical (unpaired) electrons. The Morgan fingerprint density at radius 2 is 1.71 bits per heavy atom. The largest absolute Gasteiger partial charge is 0.481 e. The van der Waals surface area contributed by atoms with Gasteiger partial charge in [-0.1, -0.05) is 48.5 Å². The van der Waals surface area contributed by atoms with Gasteiger partial charge in [0.15, 0.2) is 0 Å². The number of carboxylic acids is 1. The van der Waals surface area contributed by atoms with Gasteiger partial charge < -0.3 is 20.1 Å². The highest BCUT2D eigenvalue weighted by atomic mass is 16.5. The lowest BCUT2D eigenvalue weighted by atomic mass is 9.98. The molecule has 4 rings (SSSR count). The minimum atomic E-state index is -0.844. The molecular weight excluding hydrogens is 432 g/mol. The molecule has 2 amide bonds. The first-order valence-corrected chi connectivity index (χ1v) is 12.0. The topological polar surface area (TPSA) is 95.9 Å². The second kappa shape index (κ2) is 10.3. The van der Waals surface area contributed by atoms with Gasteiger partial charge in [-0.3, -0.25) is 9.59 Å². The summed E-state index contributed by atoms with van der Waals surface area (Å²) in [4.78, 5) is 37.8. The molecule has 34 heavy (non-hydrogen) atoms. The number of likely N-dealkylation sites (tertiary alicyclic amines) is 1. The second-order valence-electron chi connectivity index (χ2n) is 9.32. The first-order chi connectivity index (χ1) is 16.4. The van der Waals surface area contributed by atoms with Crippen molar-refractivity contribution in [1.29, 1.82) is 0 Å². The van der Waals surface area contributed by atoms with E-state index in [1.807, 2.05) is 31.2 Å². The zero-order chi connectivity index (χ0) is 24.2. The van der Waals surface area contributed by atoms with E-state index in [1.54, 1.807) is 11.8 Å². The van der Waals surface area contributed by atoms with E-state index in [4.69, 9.17) is 4.74 Å². The minimum absolute atomic E-state index is 0.0168. The number of amides is 2. The molecule has 0 saturated carbocycles. The van der Waals surface area contributed by atoms with E-state index in [0.717, 1.165) is 0 Å². The van der Waals surface area contributed by atoms with Crippen LogP contribution >= 0.6 is 0 Å². The predicted octanol–water partition coefficient (Wildman–Crippen LogP) is 4.41. The van der Waals surface area contributed by atoms with E-state index in [-0.39, 0.29) is 30.5 Å². The highest BCUT2D eigenvalue weighted by Crippen LogP contribution is 2.44. The summed E-state index contributed by atoms with van der Waals surface area (Å²) in [5.74, 6) is -1.34. The highest BCUT2D eigenvalue weighted by Gasteiger charge is 2.37. The molecule has 0 spiro atoms. The molecule has 2 aromatic rings. The zero-order valence-corrected chi connectivity index (χ0v) is 19.7. The average Bonchev–Trinajstić information content (AvgIpc) is 3.36. The Kier molecular flexibility index (Phi) is 7.20. The number of fused-ring (bicyclic) bond motifs is 3. The molecular formula is C27H32N2O5. The molecule has 7 heteroatoms. The van der Waals surface area contributed by atoms with Crippen molar-refractivity contribution in [2.24, 2.45) is 5.92 Å². The molecule has 1 fully saturated rings. The zero-order valence-electron chi connectivity index (χ0n) is 19.7. The van der Waals surface area contributed by atoms with E-state index in [0.29, 0.717) is 32.2 Å². The number of nitrogens with zero attached hydrogens (tertiary/aromatic N) is 1. The number of aliphatic carboxylic acids is 1. The van der Waals surface area contributed by atoms with Gasteiger partial charge in [-0.15, -0.1) is 0 Å². The Hall–Kier alpha value is -3.35. The van der Waals surface area contributed by atoms with Gasteiger partial charge in [-0.05, 0) is 55.4 Å². The molecule has 1 aliphatic carbocycles. The second-order valence-corrected chi connectivity index (χ2v) is 9.32. The van der Waals surface area contributed by atoms with Crippen LogP contribution in [0, 0.1) is 5.92 Å². The summed E-state index contributed by atoms with van der Waals surface area (Å²) in [6.45, 7) is 4.45. The van der Waals surface area contributed by atoms with Crippen LogP contribution in [0.25, 0.3) is 11.1 Å². The molecule has 0 bridgehead atoms. The van der Waals surface area contributed by atoms with E-state index < -0.39 is 18.0 Å². The molecule has 180 valence electrons. The van der Waals surface area contributed by atoms with Crippen LogP contribution in [-0.2, 0) is 14.3 Å². The van der Waals surface area contributed by atoms with Gasteiger partial charge in [-0.25, -0.2) is 4.79 Å². The van der Waals surface area contributed by atoms with E-state index in [1.165, 1.54) is 22.3 Å². The molecule has 2 aliphatic rings. The molecule has 2 aromatic carbocycles. The molecule has 1 saturated heterocycles. The first kappa shape index (κ1) is 23.8. The summed E-state index contributed by atoms with van der Waals surface area (Å²) in [5, 5.41) is 12.1. The number of carboxylic acid groups (broad SMARTS) is 1. The lowest BCUT2D eigenvalue weighted by Crippen LogP contribution is -2.38. The van der Waals surface area contributed by atoms with Crippen molar-refractivity contribution in [1.82, 2.24) is 10.2 Å². The number of carbonyl (C=O) groups excluding carboxylic acids is 2. The van der Waals surface area contributed by atoms with Crippen LogP contribution in [0.5, 0.6) is 0 Å². The van der Waals surface area contributed by atoms with Gasteiger partial charge in [0.2, 0.25) is 5.91 Å². The van der Waals surface area contributed by atoms with Crippen molar-refractivity contribution in [3.63, 3.8) is 0 Å². The Bertz CT molecular complexity index is 1020. The van der Waals surface area contributed by atoms with Crippen molar-refractivity contribution in [3.8, 4) is 11.1 Å². The Morgan fingerprint density at radius 1 is 1.09 bits per heavy atom. The fourth-order valence-electron chi connectivity index (χ4n) is 5.24. The number of hydrogen-bond donors (Lipinski definition) is 2. The minimum Gasteiger partial charge on any atom is -0.481 e. The van der Waals surface area contributed by atoms with Crippen molar-refractivity contribution in [2.45, 2.75) is 57.5 Å². The number of alkyl carbamates (subject to hydrolysis) is 1. The standard InChI is InChI=1S/C27H32N2O5/c1-17(8-7-13-25(30)29-15-14-19(18(29)2)26(31)32)28-27(33)34-16-24-22-11-5-3-9-20(22)21-10-4-6-12-23(21)24/h3-6,9-12,17-19,24H,7-8,13-16H2,1-2H3,(H,28,33)(H,31,32). The molecule has 2 N–H and O–H groups in total. The lowest BCUT2D eigenvalue weighted by molar-refractivity contribution is -0.143. The summed E-state index contributed by atoms with van der Waals surface area (Å²) < 4.78 is 5.59. The quantitative estimate of drug-likeness (QED) is 0.604. The maximum Gasteiger partial charge on any atom is 0.407 e. The summed E-state index contributed by atoms with van der Waals surface area (Å²) in [5.41, 5.74) is 4.72. The van der Waals surface area contributed by atoms with E-state index in [9.17, 15) is 19.5 Å². The maximum atomic E-state index is 12.5. The molecule has 1 aliphatic heterocycles. The summed E-state index contributed by atoms with van der Waals surface area (Å²) in [7, 11) is 0. The molecule has 0 aromatic heterocycles. The fraction of sp³-hybridized carbons (Fsp3) is 0.444. The highest BCUT2D eigenvalue weighted by molar-refractivity contribution is 5.80. The van der Waals surface area contributed by atoms with Gasteiger partial charge >= 0.3 is 12.1 Å². The summed E-state index contributed by atoms with van der Waals surface area (Å²) in [6.07, 6.45) is 1.64. The maximum absolute atomic E-state index is 12.5. The molecule has 7 nitrogen and oxygen atoms in total. The van der Waals surface area contributed by atoms with Gasteiger partial charge in [0, 0.05) is 31.0 Å². The van der Waals surface area contributed by atoms with Crippen LogP contribution in [0.2, 0.25) is 0 Å². The Morgan fingerprint density at radius 3 is 2.29 bits per heavy atom. The first-order valence-electron chi connectivity index (χ1n) is 12.0. The fourth-order valence-corrected chi connectivity index (χ4v) is 5.24. The van der Waals surface area contributed by atoms with Crippen molar-refractivity contribution in [2.75, 3.05) is 13.2 Å². The third kappa shape index (κ3) is 4.93. The summed E-state index contributed by atoms with van der Waals surface area (Å²) in [6, 6.07) is 16.0. The summed E-state index contributed by atoms with van der Waals surface area (Å²) >= 11 is 0. The normalized spacial score (nSPS) is 19.9. The number of nitrogens with one attached hydrogen (secondary N) is 1. The Labute approximate surface area is 200 Å². The van der Waals surface area contributed by atoms with Crippen molar-refractivity contribution >= 4 is 18.0 Å². The molecule has 1 heterocycles. The third-order valence-electron chi connectivity index (χ3n) is 7.13. The van der Waals surface area contributed by atoms with Crippen LogP contribution in [0.4, 0.5) is 4.79 Å². The number of hydrogen-bond acceptors (Lipinski definition) is 4. The third-order valence-corrected chi connectivity index (χ3v) is 7.13. The van der Waals surface area contributed by atoms with Gasteiger partial charge in [-0.2, -0.15) is 0 Å². The van der Waals surface area contributed by atoms with E-state index >= 15 is 0 Å². The van der Waals surface area contributed by atoms with Crippen molar-refractivity contribution in [3.05, 3.63) is 59.7 Å². The smallest absolute Gasteiger partial charge is 0.407 e. The Balaban J connectivity index is 1.22. The van der Waals surface area contributed by atoms with Crippen LogP contribution < -0.4 is 5.32 Å². The van der Waals surface area contributed by atoms with Crippen molar-refractivity contribution < 1.29 is 24.2 Å². The van der Waals surface area contributed by atoms with Gasteiger partial charge in [0.25, 0.3) is 0 Å². The van der Waals surface area contributed by atoms with Crippen LogP contribution in [0.3, 0.4) is 0 Å².